The van der Waals surface area contributed by atoms with Crippen molar-refractivity contribution in [3.63, 3.8) is 0 Å². The Bertz CT molecular complexity index is 986. The van der Waals surface area contributed by atoms with Crippen LogP contribution in [0.25, 0.3) is 0 Å². The number of hydrogen-bond donors (Lipinski definition) is 1. The molecule has 3 heterocycles. The van der Waals surface area contributed by atoms with E-state index < -0.39 is 5.91 Å². The van der Waals surface area contributed by atoms with Crippen LogP contribution in [-0.2, 0) is 6.61 Å². The zero-order chi connectivity index (χ0) is 20.9. The van der Waals surface area contributed by atoms with E-state index in [1.165, 1.54) is 11.8 Å². The number of nitrogens with two attached hydrogens (primary N) is 1. The van der Waals surface area contributed by atoms with Gasteiger partial charge in [0.1, 0.15) is 6.61 Å². The van der Waals surface area contributed by atoms with Gasteiger partial charge < -0.3 is 24.7 Å². The molecule has 0 saturated carbocycles. The van der Waals surface area contributed by atoms with Gasteiger partial charge in [-0.3, -0.25) is 4.79 Å². The van der Waals surface area contributed by atoms with Crippen LogP contribution in [0, 0.1) is 0 Å². The Balaban J connectivity index is 1.56. The van der Waals surface area contributed by atoms with Crippen molar-refractivity contribution in [3.05, 3.63) is 60.2 Å². The summed E-state index contributed by atoms with van der Waals surface area (Å²) >= 11 is 1.48. The number of hydrogen-bond acceptors (Lipinski definition) is 8. The van der Waals surface area contributed by atoms with Crippen LogP contribution in [-0.4, -0.2) is 54.0 Å². The summed E-state index contributed by atoms with van der Waals surface area (Å²) in [5, 5.41) is 0. The second kappa shape index (κ2) is 9.19. The third-order valence-corrected chi connectivity index (χ3v) is 5.83. The number of aromatic nitrogens is 2. The molecular weight excluding hydrogens is 402 g/mol. The fraction of sp³-hybridized carbons (Fsp3) is 0.286. The van der Waals surface area contributed by atoms with E-state index in [0.717, 1.165) is 41.5 Å². The first kappa shape index (κ1) is 20.2. The highest BCUT2D eigenvalue weighted by Gasteiger charge is 2.19. The fourth-order valence-corrected chi connectivity index (χ4v) is 3.84. The van der Waals surface area contributed by atoms with Gasteiger partial charge in [0.2, 0.25) is 17.7 Å². The molecule has 4 rings (SSSR count). The van der Waals surface area contributed by atoms with Crippen molar-refractivity contribution in [1.29, 1.82) is 0 Å². The van der Waals surface area contributed by atoms with Crippen molar-refractivity contribution in [3.8, 4) is 5.88 Å². The van der Waals surface area contributed by atoms with E-state index in [9.17, 15) is 4.79 Å². The molecule has 0 spiro atoms. The van der Waals surface area contributed by atoms with Gasteiger partial charge in [-0.05, 0) is 37.4 Å². The van der Waals surface area contributed by atoms with Crippen molar-refractivity contribution < 1.29 is 13.9 Å². The van der Waals surface area contributed by atoms with E-state index in [2.05, 4.69) is 21.8 Å². The van der Waals surface area contributed by atoms with Crippen molar-refractivity contribution in [2.75, 3.05) is 38.1 Å². The molecule has 0 aliphatic carbocycles. The number of benzene rings is 1. The van der Waals surface area contributed by atoms with Gasteiger partial charge in [-0.2, -0.15) is 4.98 Å². The molecule has 1 aromatic carbocycles. The third-order valence-electron chi connectivity index (χ3n) is 4.82. The molecule has 1 amide bonds. The minimum absolute atomic E-state index is 0.351. The van der Waals surface area contributed by atoms with E-state index in [1.807, 2.05) is 18.2 Å². The lowest BCUT2D eigenvalue weighted by molar-refractivity contribution is 0.1000. The maximum Gasteiger partial charge on any atom is 0.248 e. The minimum atomic E-state index is -0.449. The van der Waals surface area contributed by atoms with Crippen LogP contribution in [0.5, 0.6) is 5.88 Å². The van der Waals surface area contributed by atoms with Gasteiger partial charge >= 0.3 is 0 Å². The summed E-state index contributed by atoms with van der Waals surface area (Å²) in [5.41, 5.74) is 6.72. The fourth-order valence-electron chi connectivity index (χ4n) is 3.02. The predicted octanol–water partition coefficient (Wildman–Crippen LogP) is 2.65. The Morgan fingerprint density at radius 1 is 1.20 bits per heavy atom. The summed E-state index contributed by atoms with van der Waals surface area (Å²) in [6.07, 6.45) is 5.06. The smallest absolute Gasteiger partial charge is 0.248 e. The van der Waals surface area contributed by atoms with Crippen LogP contribution in [0.2, 0.25) is 0 Å². The Kier molecular flexibility index (Phi) is 6.20. The molecule has 156 valence electrons. The standard InChI is InChI=1S/C21H23N5O3S/c1-25-7-9-26(10-8-25)21-23-12-18(20(24-21)29-14-15-6-11-28-13-15)30-17-4-2-16(3-5-17)19(22)27/h2-6,11-13H,7-10,14H2,1H3,(H2,22,27). The molecule has 1 aliphatic heterocycles. The predicted molar refractivity (Wildman–Crippen MR) is 114 cm³/mol. The molecular formula is C21H23N5O3S. The molecule has 0 unspecified atom stereocenters. The zero-order valence-corrected chi connectivity index (χ0v) is 17.5. The summed E-state index contributed by atoms with van der Waals surface area (Å²) in [5.74, 6) is 0.735. The van der Waals surface area contributed by atoms with Crippen LogP contribution >= 0.6 is 11.8 Å². The number of ether oxygens (including phenoxy) is 1. The van der Waals surface area contributed by atoms with Gasteiger partial charge in [-0.25, -0.2) is 4.98 Å². The van der Waals surface area contributed by atoms with Crippen LogP contribution in [0.3, 0.4) is 0 Å². The largest absolute Gasteiger partial charge is 0.472 e. The molecule has 8 nitrogen and oxygen atoms in total. The molecule has 0 atom stereocenters. The van der Waals surface area contributed by atoms with Gasteiger partial charge in [-0.1, -0.05) is 11.8 Å². The molecule has 0 radical (unpaired) electrons. The van der Waals surface area contributed by atoms with Crippen molar-refractivity contribution in [1.82, 2.24) is 14.9 Å². The molecule has 9 heteroatoms. The average Bonchev–Trinajstić information content (AvgIpc) is 3.28. The third kappa shape index (κ3) is 4.92. The number of amides is 1. The average molecular weight is 426 g/mol. The van der Waals surface area contributed by atoms with Gasteiger partial charge in [0.15, 0.2) is 0 Å². The Morgan fingerprint density at radius 2 is 1.97 bits per heavy atom. The first-order chi connectivity index (χ1) is 14.6. The lowest BCUT2D eigenvalue weighted by atomic mass is 10.2. The van der Waals surface area contributed by atoms with Crippen molar-refractivity contribution in [2.24, 2.45) is 5.73 Å². The van der Waals surface area contributed by atoms with Crippen molar-refractivity contribution >= 4 is 23.6 Å². The Hall–Kier alpha value is -3.04. The number of carbonyl (C=O) groups excluding carboxylic acids is 1. The topological polar surface area (TPSA) is 97.7 Å². The van der Waals surface area contributed by atoms with Gasteiger partial charge in [0.05, 0.1) is 23.6 Å². The number of carbonyl (C=O) groups is 1. The molecule has 1 saturated heterocycles. The van der Waals surface area contributed by atoms with Crippen LogP contribution in [0.1, 0.15) is 15.9 Å². The van der Waals surface area contributed by atoms with E-state index >= 15 is 0 Å². The highest BCUT2D eigenvalue weighted by atomic mass is 32.2. The van der Waals surface area contributed by atoms with E-state index in [0.29, 0.717) is 24.0 Å². The lowest BCUT2D eigenvalue weighted by Gasteiger charge is -2.32. The van der Waals surface area contributed by atoms with Crippen LogP contribution in [0.4, 0.5) is 5.95 Å². The van der Waals surface area contributed by atoms with E-state index in [4.69, 9.17) is 19.9 Å². The van der Waals surface area contributed by atoms with Gasteiger partial charge in [-0.15, -0.1) is 0 Å². The highest BCUT2D eigenvalue weighted by molar-refractivity contribution is 7.99. The Labute approximate surface area is 179 Å². The number of piperazine rings is 1. The molecule has 2 aromatic heterocycles. The molecule has 2 N–H and O–H groups in total. The minimum Gasteiger partial charge on any atom is -0.472 e. The first-order valence-corrected chi connectivity index (χ1v) is 10.4. The van der Waals surface area contributed by atoms with Crippen LogP contribution in [0.15, 0.2) is 63.3 Å². The molecule has 0 bridgehead atoms. The Morgan fingerprint density at radius 3 is 2.63 bits per heavy atom. The normalized spacial score (nSPS) is 14.6. The second-order valence-corrected chi connectivity index (χ2v) is 8.16. The summed E-state index contributed by atoms with van der Waals surface area (Å²) in [7, 11) is 2.11. The number of primary amides is 1. The summed E-state index contributed by atoms with van der Waals surface area (Å²) in [6, 6.07) is 8.96. The van der Waals surface area contributed by atoms with E-state index in [-0.39, 0.29) is 0 Å². The quantitative estimate of drug-likeness (QED) is 0.617. The number of furan rings is 1. The molecule has 30 heavy (non-hydrogen) atoms. The molecule has 1 fully saturated rings. The first-order valence-electron chi connectivity index (χ1n) is 9.60. The number of nitrogens with zero attached hydrogens (tertiary/aromatic N) is 4. The summed E-state index contributed by atoms with van der Waals surface area (Å²) < 4.78 is 11.1. The number of rotatable bonds is 7. The zero-order valence-electron chi connectivity index (χ0n) is 16.7. The maximum atomic E-state index is 11.3. The summed E-state index contributed by atoms with van der Waals surface area (Å²) in [4.78, 5) is 26.8. The summed E-state index contributed by atoms with van der Waals surface area (Å²) in [6.45, 7) is 4.04. The highest BCUT2D eigenvalue weighted by Crippen LogP contribution is 2.35. The van der Waals surface area contributed by atoms with Gasteiger partial charge in [0, 0.05) is 42.2 Å². The van der Waals surface area contributed by atoms with Gasteiger partial charge in [0.25, 0.3) is 0 Å². The van der Waals surface area contributed by atoms with Crippen LogP contribution < -0.4 is 15.4 Å². The molecule has 1 aliphatic rings. The van der Waals surface area contributed by atoms with Crippen molar-refractivity contribution in [2.45, 2.75) is 16.4 Å². The van der Waals surface area contributed by atoms with E-state index in [1.54, 1.807) is 30.9 Å². The lowest BCUT2D eigenvalue weighted by Crippen LogP contribution is -2.45. The molecule has 3 aromatic rings. The number of anilines is 1. The monoisotopic (exact) mass is 425 g/mol. The number of likely N-dealkylation sites (N-methyl/N-ethyl adjacent to an activating group) is 1. The second-order valence-electron chi connectivity index (χ2n) is 7.04. The SMILES string of the molecule is CN1CCN(c2ncc(Sc3ccc(C(N)=O)cc3)c(OCc3ccoc3)n2)CC1. The maximum absolute atomic E-state index is 11.3.